The number of halogens is 1. The van der Waals surface area contributed by atoms with Crippen molar-refractivity contribution in [3.05, 3.63) is 18.5 Å². The minimum atomic E-state index is 0. The van der Waals surface area contributed by atoms with E-state index in [9.17, 15) is 0 Å². The highest BCUT2D eigenvalue weighted by atomic mass is 127. The van der Waals surface area contributed by atoms with Crippen molar-refractivity contribution < 1.29 is 4.57 Å². The molecule has 4 heteroatoms. The third-order valence-corrected chi connectivity index (χ3v) is 0.964. The fourth-order valence-electron chi connectivity index (χ4n) is 0.454. The van der Waals surface area contributed by atoms with E-state index in [-0.39, 0.29) is 24.0 Å². The highest BCUT2D eigenvalue weighted by molar-refractivity contribution is 14.0. The van der Waals surface area contributed by atoms with Crippen molar-refractivity contribution in [3.63, 3.8) is 0 Å². The predicted molar refractivity (Wildman–Crippen MR) is 45.2 cm³/mol. The highest BCUT2D eigenvalue weighted by Crippen LogP contribution is 1.78. The SMILES string of the molecule is C[n+]1cccnc1N.I. The van der Waals surface area contributed by atoms with Crippen LogP contribution in [0.15, 0.2) is 18.5 Å². The molecule has 0 saturated heterocycles. The van der Waals surface area contributed by atoms with Gasteiger partial charge in [0.1, 0.15) is 6.20 Å². The Bertz CT molecular complexity index is 168. The van der Waals surface area contributed by atoms with Crippen LogP contribution in [0.3, 0.4) is 0 Å². The van der Waals surface area contributed by atoms with E-state index in [4.69, 9.17) is 5.73 Å². The lowest BCUT2D eigenvalue weighted by Gasteiger charge is -1.87. The molecule has 0 aliphatic rings. The van der Waals surface area contributed by atoms with Crippen molar-refractivity contribution in [3.8, 4) is 0 Å². The van der Waals surface area contributed by atoms with Crippen LogP contribution in [-0.4, -0.2) is 4.98 Å². The smallest absolute Gasteiger partial charge is 0.287 e. The third-order valence-electron chi connectivity index (χ3n) is 0.964. The van der Waals surface area contributed by atoms with Gasteiger partial charge in [-0.1, -0.05) is 4.98 Å². The third kappa shape index (κ3) is 2.13. The number of rotatable bonds is 0. The molecule has 1 aromatic rings. The number of nitrogens with two attached hydrogens (primary N) is 1. The van der Waals surface area contributed by atoms with Crippen molar-refractivity contribution in [1.29, 1.82) is 0 Å². The largest absolute Gasteiger partial charge is 0.388 e. The molecule has 0 aliphatic carbocycles. The lowest BCUT2D eigenvalue weighted by Crippen LogP contribution is -2.32. The van der Waals surface area contributed by atoms with Gasteiger partial charge in [0.05, 0.1) is 13.2 Å². The van der Waals surface area contributed by atoms with Crippen molar-refractivity contribution in [2.24, 2.45) is 7.05 Å². The molecular formula is C5H9IN3+. The molecule has 1 aromatic heterocycles. The van der Waals surface area contributed by atoms with E-state index in [0.717, 1.165) is 0 Å². The number of hydrogen-bond donors (Lipinski definition) is 1. The van der Waals surface area contributed by atoms with E-state index in [1.54, 1.807) is 10.8 Å². The summed E-state index contributed by atoms with van der Waals surface area (Å²) in [5.74, 6) is 0.535. The van der Waals surface area contributed by atoms with E-state index in [1.807, 2.05) is 19.3 Å². The van der Waals surface area contributed by atoms with Gasteiger partial charge in [-0.15, -0.1) is 24.0 Å². The first-order valence-corrected chi connectivity index (χ1v) is 2.37. The second-order valence-electron chi connectivity index (χ2n) is 1.59. The Kier molecular flexibility index (Phi) is 3.44. The van der Waals surface area contributed by atoms with E-state index >= 15 is 0 Å². The molecule has 0 radical (unpaired) electrons. The molecule has 0 atom stereocenters. The summed E-state index contributed by atoms with van der Waals surface area (Å²) >= 11 is 0. The maximum atomic E-state index is 5.37. The summed E-state index contributed by atoms with van der Waals surface area (Å²) in [5, 5.41) is 0. The normalized spacial score (nSPS) is 8.11. The average molecular weight is 238 g/mol. The van der Waals surface area contributed by atoms with Crippen molar-refractivity contribution in [2.45, 2.75) is 0 Å². The molecule has 1 heterocycles. The van der Waals surface area contributed by atoms with Gasteiger partial charge in [0, 0.05) is 6.07 Å². The van der Waals surface area contributed by atoms with Crippen LogP contribution in [0.5, 0.6) is 0 Å². The van der Waals surface area contributed by atoms with E-state index in [2.05, 4.69) is 4.98 Å². The van der Waals surface area contributed by atoms with Crippen LogP contribution in [-0.2, 0) is 7.05 Å². The first kappa shape index (κ1) is 8.61. The van der Waals surface area contributed by atoms with Crippen LogP contribution < -0.4 is 10.3 Å². The number of anilines is 1. The number of nitrogens with zero attached hydrogens (tertiary/aromatic N) is 2. The summed E-state index contributed by atoms with van der Waals surface area (Å²) in [6.07, 6.45) is 3.51. The van der Waals surface area contributed by atoms with Crippen molar-refractivity contribution in [1.82, 2.24) is 4.98 Å². The average Bonchev–Trinajstić information content (AvgIpc) is 1.77. The lowest BCUT2D eigenvalue weighted by atomic mass is 10.6. The zero-order valence-electron chi connectivity index (χ0n) is 5.11. The molecule has 0 fully saturated rings. The molecule has 0 unspecified atom stereocenters. The molecule has 0 bridgehead atoms. The topological polar surface area (TPSA) is 42.8 Å². The molecule has 2 N–H and O–H groups in total. The molecule has 9 heavy (non-hydrogen) atoms. The summed E-state index contributed by atoms with van der Waals surface area (Å²) < 4.78 is 1.75. The quantitative estimate of drug-likeness (QED) is 0.514. The molecule has 0 aliphatic heterocycles. The summed E-state index contributed by atoms with van der Waals surface area (Å²) in [7, 11) is 1.85. The first-order valence-electron chi connectivity index (χ1n) is 2.37. The predicted octanol–water partition coefficient (Wildman–Crippen LogP) is 0.106. The number of aromatic nitrogens is 2. The molecule has 50 valence electrons. The Labute approximate surface area is 70.9 Å². The van der Waals surface area contributed by atoms with Gasteiger partial charge in [0.25, 0.3) is 0 Å². The zero-order chi connectivity index (χ0) is 5.98. The second-order valence-corrected chi connectivity index (χ2v) is 1.59. The minimum Gasteiger partial charge on any atom is -0.287 e. The lowest BCUT2D eigenvalue weighted by molar-refractivity contribution is -0.659. The van der Waals surface area contributed by atoms with E-state index in [1.165, 1.54) is 0 Å². The van der Waals surface area contributed by atoms with Crippen LogP contribution in [0.25, 0.3) is 0 Å². The standard InChI is InChI=1S/C5H7N3.HI/c1-8-4-2-3-7-5(8)6;/h2-4,6H,1H3;1H/p+1. The number of aryl methyl sites for hydroxylation is 1. The van der Waals surface area contributed by atoms with Crippen molar-refractivity contribution in [2.75, 3.05) is 5.73 Å². The Morgan fingerprint density at radius 1 is 1.67 bits per heavy atom. The minimum absolute atomic E-state index is 0. The van der Waals surface area contributed by atoms with Gasteiger partial charge in [-0.25, -0.2) is 4.57 Å². The van der Waals surface area contributed by atoms with E-state index < -0.39 is 0 Å². The fourth-order valence-corrected chi connectivity index (χ4v) is 0.454. The van der Waals surface area contributed by atoms with Gasteiger partial charge in [0.2, 0.25) is 0 Å². The molecule has 0 aromatic carbocycles. The van der Waals surface area contributed by atoms with Crippen molar-refractivity contribution >= 4 is 29.9 Å². The molecular weight excluding hydrogens is 229 g/mol. The van der Waals surface area contributed by atoms with Crippen LogP contribution >= 0.6 is 24.0 Å². The Hall–Kier alpha value is -0.390. The molecule has 0 saturated carbocycles. The molecule has 0 amide bonds. The monoisotopic (exact) mass is 238 g/mol. The molecule has 1 rings (SSSR count). The number of nitrogen functional groups attached to an aromatic ring is 1. The number of hydrogen-bond acceptors (Lipinski definition) is 2. The second kappa shape index (κ2) is 3.60. The van der Waals surface area contributed by atoms with E-state index in [0.29, 0.717) is 5.95 Å². The molecule has 0 spiro atoms. The summed E-state index contributed by atoms with van der Waals surface area (Å²) in [5.41, 5.74) is 5.37. The van der Waals surface area contributed by atoms with Crippen LogP contribution in [0.4, 0.5) is 5.95 Å². The maximum absolute atomic E-state index is 5.37. The summed E-state index contributed by atoms with van der Waals surface area (Å²) in [4.78, 5) is 3.82. The van der Waals surface area contributed by atoms with Crippen LogP contribution in [0, 0.1) is 0 Å². The zero-order valence-corrected chi connectivity index (χ0v) is 7.44. The Morgan fingerprint density at radius 2 is 2.33 bits per heavy atom. The highest BCUT2D eigenvalue weighted by Gasteiger charge is 1.94. The summed E-state index contributed by atoms with van der Waals surface area (Å²) in [6.45, 7) is 0. The molecule has 3 nitrogen and oxygen atoms in total. The van der Waals surface area contributed by atoms with Gasteiger partial charge in [-0.3, -0.25) is 5.73 Å². The summed E-state index contributed by atoms with van der Waals surface area (Å²) in [6, 6.07) is 1.83. The Balaban J connectivity index is 0.000000640. The van der Waals surface area contributed by atoms with Crippen LogP contribution in [0.2, 0.25) is 0 Å². The fraction of sp³-hybridized carbons (Fsp3) is 0.200. The first-order chi connectivity index (χ1) is 3.80. The van der Waals surface area contributed by atoms with Gasteiger partial charge in [0.15, 0.2) is 0 Å². The van der Waals surface area contributed by atoms with Gasteiger partial charge < -0.3 is 0 Å². The van der Waals surface area contributed by atoms with Gasteiger partial charge >= 0.3 is 5.95 Å². The van der Waals surface area contributed by atoms with Crippen LogP contribution in [0.1, 0.15) is 0 Å². The maximum Gasteiger partial charge on any atom is 0.388 e. The Morgan fingerprint density at radius 3 is 2.67 bits per heavy atom. The van der Waals surface area contributed by atoms with Gasteiger partial charge in [-0.2, -0.15) is 0 Å². The van der Waals surface area contributed by atoms with Gasteiger partial charge in [-0.05, 0) is 0 Å².